The van der Waals surface area contributed by atoms with Gasteiger partial charge in [0.1, 0.15) is 0 Å². The van der Waals surface area contributed by atoms with Gasteiger partial charge in [0.2, 0.25) is 5.91 Å². The first-order valence-corrected chi connectivity index (χ1v) is 8.71. The lowest BCUT2D eigenvalue weighted by Gasteiger charge is -2.35. The van der Waals surface area contributed by atoms with Crippen molar-refractivity contribution in [3.05, 3.63) is 29.8 Å². The van der Waals surface area contributed by atoms with Gasteiger partial charge in [0.15, 0.2) is 0 Å². The highest BCUT2D eigenvalue weighted by Crippen LogP contribution is 2.42. The fourth-order valence-corrected chi connectivity index (χ4v) is 3.54. The molecule has 1 aromatic rings. The number of ether oxygens (including phenoxy) is 1. The summed E-state index contributed by atoms with van der Waals surface area (Å²) < 4.78 is 5.38. The van der Waals surface area contributed by atoms with Crippen LogP contribution < -0.4 is 5.32 Å². The van der Waals surface area contributed by atoms with Crippen molar-refractivity contribution in [1.29, 1.82) is 0 Å². The van der Waals surface area contributed by atoms with Crippen LogP contribution in [0.3, 0.4) is 0 Å². The zero-order chi connectivity index (χ0) is 17.4. The predicted molar refractivity (Wildman–Crippen MR) is 92.8 cm³/mol. The Kier molecular flexibility index (Phi) is 6.79. The Morgan fingerprint density at radius 1 is 1.21 bits per heavy atom. The van der Waals surface area contributed by atoms with E-state index in [1.165, 1.54) is 0 Å². The Hall–Kier alpha value is -1.88. The van der Waals surface area contributed by atoms with Crippen LogP contribution in [0.5, 0.6) is 0 Å². The standard InChI is InChI=1S/C19H27NO4/c1-2-24-14-15-7-6-8-16(11-15)20-17(21)12-19(13-18(22)23)9-4-3-5-10-19/h6-8,11H,2-5,9-10,12-14H2,1H3,(H,20,21)(H,22,23). The van der Waals surface area contributed by atoms with Gasteiger partial charge in [-0.2, -0.15) is 0 Å². The molecule has 1 aliphatic rings. The van der Waals surface area contributed by atoms with Gasteiger partial charge in [-0.15, -0.1) is 0 Å². The molecule has 2 N–H and O–H groups in total. The van der Waals surface area contributed by atoms with Crippen LogP contribution in [-0.4, -0.2) is 23.6 Å². The second kappa shape index (κ2) is 8.83. The topological polar surface area (TPSA) is 75.6 Å². The maximum Gasteiger partial charge on any atom is 0.303 e. The maximum absolute atomic E-state index is 12.5. The molecule has 0 bridgehead atoms. The number of carbonyl (C=O) groups excluding carboxylic acids is 1. The van der Waals surface area contributed by atoms with E-state index < -0.39 is 11.4 Å². The molecular formula is C19H27NO4. The molecule has 1 saturated carbocycles. The lowest BCUT2D eigenvalue weighted by Crippen LogP contribution is -2.32. The number of hydrogen-bond donors (Lipinski definition) is 2. The van der Waals surface area contributed by atoms with Crippen LogP contribution in [0.15, 0.2) is 24.3 Å². The summed E-state index contributed by atoms with van der Waals surface area (Å²) in [6.45, 7) is 3.11. The number of amides is 1. The number of carboxylic acid groups (broad SMARTS) is 1. The van der Waals surface area contributed by atoms with Crippen molar-refractivity contribution in [3.63, 3.8) is 0 Å². The van der Waals surface area contributed by atoms with E-state index in [1.54, 1.807) is 0 Å². The molecule has 0 unspecified atom stereocenters. The first-order valence-electron chi connectivity index (χ1n) is 8.71. The van der Waals surface area contributed by atoms with Crippen LogP contribution in [0.25, 0.3) is 0 Å². The van der Waals surface area contributed by atoms with Crippen molar-refractivity contribution in [3.8, 4) is 0 Å². The monoisotopic (exact) mass is 333 g/mol. The van der Waals surface area contributed by atoms with Crippen LogP contribution in [0.4, 0.5) is 5.69 Å². The average molecular weight is 333 g/mol. The molecule has 5 heteroatoms. The van der Waals surface area contributed by atoms with Crippen LogP contribution >= 0.6 is 0 Å². The molecule has 132 valence electrons. The third-order valence-electron chi connectivity index (χ3n) is 4.66. The number of benzene rings is 1. The van der Waals surface area contributed by atoms with Crippen molar-refractivity contribution in [2.24, 2.45) is 5.41 Å². The van der Waals surface area contributed by atoms with E-state index in [1.807, 2.05) is 31.2 Å². The van der Waals surface area contributed by atoms with Gasteiger partial charge in [0, 0.05) is 18.7 Å². The van der Waals surface area contributed by atoms with E-state index in [0.717, 1.165) is 43.4 Å². The van der Waals surface area contributed by atoms with E-state index in [-0.39, 0.29) is 18.7 Å². The van der Waals surface area contributed by atoms with Crippen molar-refractivity contribution in [1.82, 2.24) is 0 Å². The van der Waals surface area contributed by atoms with Crippen molar-refractivity contribution in [2.75, 3.05) is 11.9 Å². The molecule has 2 rings (SSSR count). The van der Waals surface area contributed by atoms with Gasteiger partial charge < -0.3 is 15.2 Å². The second-order valence-electron chi connectivity index (χ2n) is 6.69. The zero-order valence-corrected chi connectivity index (χ0v) is 14.3. The largest absolute Gasteiger partial charge is 0.481 e. The van der Waals surface area contributed by atoms with Crippen LogP contribution in [0.2, 0.25) is 0 Å². The summed E-state index contributed by atoms with van der Waals surface area (Å²) >= 11 is 0. The number of aliphatic carboxylic acids is 1. The Morgan fingerprint density at radius 3 is 2.62 bits per heavy atom. The van der Waals surface area contributed by atoms with E-state index in [9.17, 15) is 14.7 Å². The summed E-state index contributed by atoms with van der Waals surface area (Å²) in [5, 5.41) is 12.1. The summed E-state index contributed by atoms with van der Waals surface area (Å²) in [6, 6.07) is 7.59. The van der Waals surface area contributed by atoms with E-state index in [4.69, 9.17) is 4.74 Å². The van der Waals surface area contributed by atoms with Crippen LogP contribution in [0, 0.1) is 5.41 Å². The van der Waals surface area contributed by atoms with E-state index in [2.05, 4.69) is 5.32 Å². The quantitative estimate of drug-likeness (QED) is 0.754. The summed E-state index contributed by atoms with van der Waals surface area (Å²) in [4.78, 5) is 23.7. The third-order valence-corrected chi connectivity index (χ3v) is 4.66. The first-order chi connectivity index (χ1) is 11.5. The molecule has 0 heterocycles. The number of anilines is 1. The molecule has 0 spiro atoms. The van der Waals surface area contributed by atoms with Crippen molar-refractivity contribution >= 4 is 17.6 Å². The zero-order valence-electron chi connectivity index (χ0n) is 14.3. The normalized spacial score (nSPS) is 16.5. The minimum absolute atomic E-state index is 0.0742. The second-order valence-corrected chi connectivity index (χ2v) is 6.69. The number of carboxylic acids is 1. The van der Waals surface area contributed by atoms with Gasteiger partial charge in [-0.3, -0.25) is 9.59 Å². The third kappa shape index (κ3) is 5.64. The average Bonchev–Trinajstić information content (AvgIpc) is 2.53. The first kappa shape index (κ1) is 18.5. The van der Waals surface area contributed by atoms with E-state index >= 15 is 0 Å². The highest BCUT2D eigenvalue weighted by atomic mass is 16.5. The Morgan fingerprint density at radius 2 is 1.96 bits per heavy atom. The maximum atomic E-state index is 12.5. The minimum atomic E-state index is -0.816. The molecule has 1 fully saturated rings. The summed E-state index contributed by atoms with van der Waals surface area (Å²) in [7, 11) is 0. The molecule has 0 aliphatic heterocycles. The number of rotatable bonds is 8. The molecule has 0 atom stereocenters. The molecule has 0 saturated heterocycles. The number of carbonyl (C=O) groups is 2. The van der Waals surface area contributed by atoms with Gasteiger partial charge >= 0.3 is 5.97 Å². The molecule has 0 radical (unpaired) electrons. The summed E-state index contributed by atoms with van der Waals surface area (Å²) in [5.41, 5.74) is 1.35. The molecule has 0 aromatic heterocycles. The fraction of sp³-hybridized carbons (Fsp3) is 0.579. The van der Waals surface area contributed by atoms with Crippen molar-refractivity contribution < 1.29 is 19.4 Å². The van der Waals surface area contributed by atoms with Crippen LogP contribution in [0.1, 0.15) is 57.4 Å². The number of nitrogens with one attached hydrogen (secondary N) is 1. The molecule has 1 amide bonds. The summed E-state index contributed by atoms with van der Waals surface area (Å²) in [6.07, 6.45) is 5.12. The highest BCUT2D eigenvalue weighted by Gasteiger charge is 2.36. The Bertz CT molecular complexity index is 564. The molecule has 24 heavy (non-hydrogen) atoms. The van der Waals surface area contributed by atoms with Gasteiger partial charge in [-0.25, -0.2) is 0 Å². The van der Waals surface area contributed by atoms with E-state index in [0.29, 0.717) is 13.2 Å². The van der Waals surface area contributed by atoms with Gasteiger partial charge in [0.05, 0.1) is 13.0 Å². The van der Waals surface area contributed by atoms with Crippen LogP contribution in [-0.2, 0) is 20.9 Å². The Balaban J connectivity index is 1.99. The highest BCUT2D eigenvalue weighted by molar-refractivity contribution is 5.91. The lowest BCUT2D eigenvalue weighted by atomic mass is 9.69. The summed E-state index contributed by atoms with van der Waals surface area (Å²) in [5.74, 6) is -0.921. The minimum Gasteiger partial charge on any atom is -0.481 e. The lowest BCUT2D eigenvalue weighted by molar-refractivity contribution is -0.140. The van der Waals surface area contributed by atoms with Gasteiger partial charge in [-0.1, -0.05) is 31.4 Å². The molecular weight excluding hydrogens is 306 g/mol. The molecule has 5 nitrogen and oxygen atoms in total. The fourth-order valence-electron chi connectivity index (χ4n) is 3.54. The molecule has 1 aromatic carbocycles. The van der Waals surface area contributed by atoms with Gasteiger partial charge in [0.25, 0.3) is 0 Å². The molecule has 1 aliphatic carbocycles. The number of hydrogen-bond acceptors (Lipinski definition) is 3. The van der Waals surface area contributed by atoms with Crippen molar-refractivity contribution in [2.45, 2.75) is 58.5 Å². The Labute approximate surface area is 143 Å². The van der Waals surface area contributed by atoms with Gasteiger partial charge in [-0.05, 0) is 42.9 Å². The predicted octanol–water partition coefficient (Wildman–Crippen LogP) is 3.98. The smallest absolute Gasteiger partial charge is 0.303 e. The SMILES string of the molecule is CCOCc1cccc(NC(=O)CC2(CC(=O)O)CCCCC2)c1.